The summed E-state index contributed by atoms with van der Waals surface area (Å²) in [6.45, 7) is 5.08. The zero-order chi connectivity index (χ0) is 19.7. The lowest BCUT2D eigenvalue weighted by Gasteiger charge is -2.28. The van der Waals surface area contributed by atoms with Crippen LogP contribution in [0.2, 0.25) is 5.02 Å². The fraction of sp³-hybridized carbons (Fsp3) is 0.238. The molecule has 4 rings (SSSR count). The summed E-state index contributed by atoms with van der Waals surface area (Å²) < 4.78 is 18.6. The molecule has 1 fully saturated rings. The molecule has 1 aliphatic rings. The number of nitrogens with one attached hydrogen (secondary N) is 1. The summed E-state index contributed by atoms with van der Waals surface area (Å²) >= 11 is 5.98. The Morgan fingerprint density at radius 2 is 1.96 bits per heavy atom. The zero-order valence-corrected chi connectivity index (χ0v) is 16.1. The van der Waals surface area contributed by atoms with Gasteiger partial charge in [-0.1, -0.05) is 11.6 Å². The number of pyridine rings is 1. The molecule has 0 radical (unpaired) electrons. The predicted molar refractivity (Wildman–Crippen MR) is 109 cm³/mol. The SMILES string of the molecule is Cc1cc(N2CCOCC2)nc2ccc(NC(=O)c3ccc(F)cc3Cl)cc12. The van der Waals surface area contributed by atoms with Crippen LogP contribution in [0.3, 0.4) is 0 Å². The van der Waals surface area contributed by atoms with Gasteiger partial charge in [0.05, 0.1) is 29.3 Å². The molecule has 1 N–H and O–H groups in total. The smallest absolute Gasteiger partial charge is 0.257 e. The Kier molecular flexibility index (Phi) is 5.15. The van der Waals surface area contributed by atoms with Gasteiger partial charge in [0.2, 0.25) is 0 Å². The number of morpholine rings is 1. The predicted octanol–water partition coefficient (Wildman–Crippen LogP) is 4.42. The average molecular weight is 400 g/mol. The first-order valence-corrected chi connectivity index (χ1v) is 9.39. The number of fused-ring (bicyclic) bond motifs is 1. The number of hydrogen-bond donors (Lipinski definition) is 1. The maximum absolute atomic E-state index is 13.2. The Morgan fingerprint density at radius 1 is 1.18 bits per heavy atom. The number of ether oxygens (including phenoxy) is 1. The summed E-state index contributed by atoms with van der Waals surface area (Å²) in [6, 6.07) is 11.3. The lowest BCUT2D eigenvalue weighted by atomic mass is 10.1. The standard InChI is InChI=1S/C21H19ClFN3O2/c1-13-10-20(26-6-8-28-9-7-26)25-19-5-3-15(12-17(13)19)24-21(27)16-4-2-14(23)11-18(16)22/h2-5,10-12H,6-9H2,1H3,(H,24,27). The molecule has 1 saturated heterocycles. The second-order valence-corrected chi connectivity index (χ2v) is 7.11. The Balaban J connectivity index is 1.60. The van der Waals surface area contributed by atoms with E-state index in [4.69, 9.17) is 21.3 Å². The van der Waals surface area contributed by atoms with Crippen LogP contribution in [0, 0.1) is 12.7 Å². The van der Waals surface area contributed by atoms with Gasteiger partial charge in [0.1, 0.15) is 11.6 Å². The minimum atomic E-state index is -0.481. The number of rotatable bonds is 3. The van der Waals surface area contributed by atoms with E-state index in [-0.39, 0.29) is 16.5 Å². The van der Waals surface area contributed by atoms with E-state index in [1.807, 2.05) is 19.1 Å². The number of benzene rings is 2. The van der Waals surface area contributed by atoms with Gasteiger partial charge >= 0.3 is 0 Å². The number of hydrogen-bond acceptors (Lipinski definition) is 4. The molecule has 0 atom stereocenters. The molecule has 1 amide bonds. The minimum absolute atomic E-state index is 0.0753. The minimum Gasteiger partial charge on any atom is -0.378 e. The molecule has 144 valence electrons. The first kappa shape index (κ1) is 18.7. The first-order valence-electron chi connectivity index (χ1n) is 9.02. The second kappa shape index (κ2) is 7.73. The van der Waals surface area contributed by atoms with Gasteiger partial charge in [-0.15, -0.1) is 0 Å². The molecule has 0 bridgehead atoms. The third kappa shape index (κ3) is 3.79. The Labute approximate surface area is 167 Å². The molecule has 5 nitrogen and oxygen atoms in total. The maximum Gasteiger partial charge on any atom is 0.257 e. The number of aryl methyl sites for hydroxylation is 1. The highest BCUT2D eigenvalue weighted by molar-refractivity contribution is 6.34. The third-order valence-electron chi connectivity index (χ3n) is 4.77. The van der Waals surface area contributed by atoms with Crippen LogP contribution in [0.15, 0.2) is 42.5 Å². The lowest BCUT2D eigenvalue weighted by molar-refractivity contribution is 0.102. The van der Waals surface area contributed by atoms with Crippen molar-refractivity contribution in [2.45, 2.75) is 6.92 Å². The van der Waals surface area contributed by atoms with Crippen molar-refractivity contribution in [2.75, 3.05) is 36.5 Å². The van der Waals surface area contributed by atoms with E-state index in [1.165, 1.54) is 12.1 Å². The Hall–Kier alpha value is -2.70. The number of anilines is 2. The maximum atomic E-state index is 13.2. The van der Waals surface area contributed by atoms with E-state index in [1.54, 1.807) is 6.07 Å². The molecule has 28 heavy (non-hydrogen) atoms. The summed E-state index contributed by atoms with van der Waals surface area (Å²) in [5.41, 5.74) is 2.78. The second-order valence-electron chi connectivity index (χ2n) is 6.71. The van der Waals surface area contributed by atoms with E-state index in [2.05, 4.69) is 16.3 Å². The van der Waals surface area contributed by atoms with Crippen LogP contribution in [0.5, 0.6) is 0 Å². The highest BCUT2D eigenvalue weighted by Gasteiger charge is 2.15. The van der Waals surface area contributed by atoms with Gasteiger partial charge in [0.25, 0.3) is 5.91 Å². The summed E-state index contributed by atoms with van der Waals surface area (Å²) in [5.74, 6) is 0.0631. The lowest BCUT2D eigenvalue weighted by Crippen LogP contribution is -2.36. The van der Waals surface area contributed by atoms with Crippen LogP contribution in [0.25, 0.3) is 10.9 Å². The molecule has 1 aliphatic heterocycles. The van der Waals surface area contributed by atoms with Crippen molar-refractivity contribution in [2.24, 2.45) is 0 Å². The van der Waals surface area contributed by atoms with Gasteiger partial charge in [-0.3, -0.25) is 4.79 Å². The fourth-order valence-electron chi connectivity index (χ4n) is 3.28. The zero-order valence-electron chi connectivity index (χ0n) is 15.3. The molecule has 0 saturated carbocycles. The van der Waals surface area contributed by atoms with Crippen molar-refractivity contribution in [3.63, 3.8) is 0 Å². The van der Waals surface area contributed by atoms with Crippen LogP contribution in [0.4, 0.5) is 15.9 Å². The molecule has 3 aromatic rings. The number of carbonyl (C=O) groups is 1. The van der Waals surface area contributed by atoms with Gasteiger partial charge in [0, 0.05) is 24.2 Å². The summed E-state index contributed by atoms with van der Waals surface area (Å²) in [4.78, 5) is 19.4. The fourth-order valence-corrected chi connectivity index (χ4v) is 3.53. The highest BCUT2D eigenvalue weighted by Crippen LogP contribution is 2.26. The van der Waals surface area contributed by atoms with Gasteiger partial charge < -0.3 is 15.0 Å². The monoisotopic (exact) mass is 399 g/mol. The summed E-state index contributed by atoms with van der Waals surface area (Å²) in [5, 5.41) is 3.85. The number of aromatic nitrogens is 1. The molecular formula is C21H19ClFN3O2. The molecule has 0 spiro atoms. The van der Waals surface area contributed by atoms with Gasteiger partial charge in [-0.25, -0.2) is 9.37 Å². The van der Waals surface area contributed by atoms with Crippen LogP contribution in [-0.2, 0) is 4.74 Å². The van der Waals surface area contributed by atoms with Crippen molar-refractivity contribution in [1.82, 2.24) is 4.98 Å². The topological polar surface area (TPSA) is 54.5 Å². The Morgan fingerprint density at radius 3 is 2.71 bits per heavy atom. The van der Waals surface area contributed by atoms with Crippen molar-refractivity contribution in [3.8, 4) is 0 Å². The van der Waals surface area contributed by atoms with Crippen molar-refractivity contribution in [1.29, 1.82) is 0 Å². The van der Waals surface area contributed by atoms with Crippen LogP contribution in [-0.4, -0.2) is 37.2 Å². The van der Waals surface area contributed by atoms with E-state index in [0.717, 1.165) is 41.4 Å². The third-order valence-corrected chi connectivity index (χ3v) is 5.08. The molecule has 2 aromatic carbocycles. The first-order chi connectivity index (χ1) is 13.5. The van der Waals surface area contributed by atoms with Crippen molar-refractivity contribution in [3.05, 3.63) is 64.4 Å². The molecule has 0 unspecified atom stereocenters. The van der Waals surface area contributed by atoms with Crippen LogP contribution in [0.1, 0.15) is 15.9 Å². The number of amides is 1. The molecule has 1 aromatic heterocycles. The quantitative estimate of drug-likeness (QED) is 0.708. The van der Waals surface area contributed by atoms with Crippen LogP contribution >= 0.6 is 11.6 Å². The molecule has 0 aliphatic carbocycles. The van der Waals surface area contributed by atoms with Crippen molar-refractivity contribution < 1.29 is 13.9 Å². The normalized spacial score (nSPS) is 14.3. The number of nitrogens with zero attached hydrogens (tertiary/aromatic N) is 2. The van der Waals surface area contributed by atoms with Crippen LogP contribution < -0.4 is 10.2 Å². The Bertz CT molecular complexity index is 1050. The van der Waals surface area contributed by atoms with Crippen molar-refractivity contribution >= 4 is 39.9 Å². The van der Waals surface area contributed by atoms with Gasteiger partial charge in [0.15, 0.2) is 0 Å². The highest BCUT2D eigenvalue weighted by atomic mass is 35.5. The van der Waals surface area contributed by atoms with E-state index >= 15 is 0 Å². The number of halogens is 2. The van der Waals surface area contributed by atoms with Gasteiger partial charge in [-0.05, 0) is 55.0 Å². The molecule has 7 heteroatoms. The molecular weight excluding hydrogens is 381 g/mol. The van der Waals surface area contributed by atoms with Gasteiger partial charge in [-0.2, -0.15) is 0 Å². The van der Waals surface area contributed by atoms with E-state index in [0.29, 0.717) is 18.9 Å². The number of carbonyl (C=O) groups excluding carboxylic acids is 1. The summed E-state index contributed by atoms with van der Waals surface area (Å²) in [6.07, 6.45) is 0. The van der Waals surface area contributed by atoms with E-state index < -0.39 is 5.82 Å². The molecule has 2 heterocycles. The summed E-state index contributed by atoms with van der Waals surface area (Å²) in [7, 11) is 0. The average Bonchev–Trinajstić information content (AvgIpc) is 2.69. The largest absolute Gasteiger partial charge is 0.378 e. The van der Waals surface area contributed by atoms with E-state index in [9.17, 15) is 9.18 Å².